The molecule has 0 spiro atoms. The Labute approximate surface area is 102 Å². The molecule has 6 heteroatoms. The van der Waals surface area contributed by atoms with Gasteiger partial charge in [0.1, 0.15) is 5.82 Å². The van der Waals surface area contributed by atoms with Crippen molar-refractivity contribution in [2.75, 3.05) is 5.32 Å². The number of nitrogens with one attached hydrogen (secondary N) is 1. The van der Waals surface area contributed by atoms with Crippen molar-refractivity contribution in [2.24, 2.45) is 0 Å². The number of halogens is 1. The van der Waals surface area contributed by atoms with Crippen molar-refractivity contribution in [3.05, 3.63) is 47.4 Å². The number of nitrogens with zero attached hydrogens (tertiary/aromatic N) is 2. The van der Waals surface area contributed by atoms with Crippen LogP contribution in [0.4, 0.5) is 11.5 Å². The molecule has 5 nitrogen and oxygen atoms in total. The molecular formula is C11H8ClN3O2. The summed E-state index contributed by atoms with van der Waals surface area (Å²) in [6.45, 7) is 0. The fraction of sp³-hybridized carbons (Fsp3) is 0. The van der Waals surface area contributed by atoms with Crippen LogP contribution in [0.1, 0.15) is 10.6 Å². The van der Waals surface area contributed by atoms with Crippen LogP contribution in [-0.4, -0.2) is 21.0 Å². The lowest BCUT2D eigenvalue weighted by Crippen LogP contribution is -2.05. The van der Waals surface area contributed by atoms with Crippen LogP contribution < -0.4 is 5.32 Å². The molecule has 0 aliphatic rings. The van der Waals surface area contributed by atoms with E-state index in [4.69, 9.17) is 16.7 Å². The van der Waals surface area contributed by atoms with Crippen molar-refractivity contribution >= 4 is 29.1 Å². The molecule has 86 valence electrons. The van der Waals surface area contributed by atoms with Gasteiger partial charge in [-0.25, -0.2) is 14.8 Å². The SMILES string of the molecule is O=C(O)c1nccc(Nc2ccccc2Cl)n1. The Morgan fingerprint density at radius 3 is 2.76 bits per heavy atom. The third-order valence-electron chi connectivity index (χ3n) is 1.98. The summed E-state index contributed by atoms with van der Waals surface area (Å²) in [6.07, 6.45) is 1.37. The van der Waals surface area contributed by atoms with Crippen LogP contribution in [0.2, 0.25) is 5.02 Å². The average molecular weight is 250 g/mol. The van der Waals surface area contributed by atoms with Crippen LogP contribution in [0.3, 0.4) is 0 Å². The van der Waals surface area contributed by atoms with Gasteiger partial charge in [-0.15, -0.1) is 0 Å². The van der Waals surface area contributed by atoms with E-state index in [1.165, 1.54) is 6.20 Å². The summed E-state index contributed by atoms with van der Waals surface area (Å²) in [4.78, 5) is 18.1. The van der Waals surface area contributed by atoms with Crippen molar-refractivity contribution in [3.63, 3.8) is 0 Å². The lowest BCUT2D eigenvalue weighted by Gasteiger charge is -2.07. The molecule has 1 heterocycles. The van der Waals surface area contributed by atoms with E-state index in [0.717, 1.165) is 0 Å². The number of carboxylic acid groups (broad SMARTS) is 1. The Hall–Kier alpha value is -2.14. The number of carbonyl (C=O) groups is 1. The maximum Gasteiger partial charge on any atom is 0.374 e. The molecule has 0 aliphatic heterocycles. The van der Waals surface area contributed by atoms with E-state index in [9.17, 15) is 4.79 Å². The second-order valence-corrected chi connectivity index (χ2v) is 3.58. The smallest absolute Gasteiger partial charge is 0.374 e. The second-order valence-electron chi connectivity index (χ2n) is 3.18. The minimum Gasteiger partial charge on any atom is -0.475 e. The lowest BCUT2D eigenvalue weighted by atomic mass is 10.3. The van der Waals surface area contributed by atoms with E-state index in [0.29, 0.717) is 16.5 Å². The van der Waals surface area contributed by atoms with Crippen LogP contribution in [0.15, 0.2) is 36.5 Å². The highest BCUT2D eigenvalue weighted by atomic mass is 35.5. The fourth-order valence-corrected chi connectivity index (χ4v) is 1.41. The molecule has 17 heavy (non-hydrogen) atoms. The first-order chi connectivity index (χ1) is 8.16. The molecule has 0 saturated heterocycles. The van der Waals surface area contributed by atoms with Crippen LogP contribution >= 0.6 is 11.6 Å². The molecule has 0 aliphatic carbocycles. The number of rotatable bonds is 3. The van der Waals surface area contributed by atoms with E-state index >= 15 is 0 Å². The van der Waals surface area contributed by atoms with Crippen molar-refractivity contribution in [2.45, 2.75) is 0 Å². The van der Waals surface area contributed by atoms with E-state index < -0.39 is 5.97 Å². The van der Waals surface area contributed by atoms with Crippen LogP contribution in [0.5, 0.6) is 0 Å². The van der Waals surface area contributed by atoms with Crippen LogP contribution in [0, 0.1) is 0 Å². The second kappa shape index (κ2) is 4.80. The number of para-hydroxylation sites is 1. The number of carboxylic acids is 1. The van der Waals surface area contributed by atoms with Crippen molar-refractivity contribution in [3.8, 4) is 0 Å². The molecule has 0 fully saturated rings. The maximum atomic E-state index is 10.7. The van der Waals surface area contributed by atoms with Gasteiger partial charge in [0, 0.05) is 6.20 Å². The fourth-order valence-electron chi connectivity index (χ4n) is 1.23. The summed E-state index contributed by atoms with van der Waals surface area (Å²) in [7, 11) is 0. The molecule has 0 unspecified atom stereocenters. The maximum absolute atomic E-state index is 10.7. The minimum atomic E-state index is -1.17. The van der Waals surface area contributed by atoms with Gasteiger partial charge in [0.25, 0.3) is 0 Å². The van der Waals surface area contributed by atoms with E-state index in [2.05, 4.69) is 15.3 Å². The summed E-state index contributed by atoms with van der Waals surface area (Å²) < 4.78 is 0. The lowest BCUT2D eigenvalue weighted by molar-refractivity contribution is 0.0683. The van der Waals surface area contributed by atoms with Gasteiger partial charge >= 0.3 is 5.97 Å². The van der Waals surface area contributed by atoms with Gasteiger partial charge in [-0.2, -0.15) is 0 Å². The van der Waals surface area contributed by atoms with Crippen molar-refractivity contribution < 1.29 is 9.90 Å². The Bertz CT molecular complexity index is 560. The first-order valence-electron chi connectivity index (χ1n) is 4.75. The summed E-state index contributed by atoms with van der Waals surface area (Å²) >= 11 is 5.95. The zero-order chi connectivity index (χ0) is 12.3. The summed E-state index contributed by atoms with van der Waals surface area (Å²) in [5.41, 5.74) is 0.657. The summed E-state index contributed by atoms with van der Waals surface area (Å²) in [5, 5.41) is 12.2. The van der Waals surface area contributed by atoms with E-state index in [-0.39, 0.29) is 5.82 Å². The predicted octanol–water partition coefficient (Wildman–Crippen LogP) is 2.57. The molecule has 1 aromatic carbocycles. The molecule has 0 saturated carbocycles. The molecule has 0 atom stereocenters. The zero-order valence-corrected chi connectivity index (χ0v) is 9.35. The zero-order valence-electron chi connectivity index (χ0n) is 8.59. The van der Waals surface area contributed by atoms with Gasteiger partial charge in [-0.05, 0) is 18.2 Å². The number of benzene rings is 1. The standard InChI is InChI=1S/C11H8ClN3O2/c12-7-3-1-2-4-8(7)14-9-5-6-13-10(15-9)11(16)17/h1-6H,(H,16,17)(H,13,14,15). The summed E-state index contributed by atoms with van der Waals surface area (Å²) in [6, 6.07) is 8.67. The highest BCUT2D eigenvalue weighted by Crippen LogP contribution is 2.23. The molecule has 0 bridgehead atoms. The topological polar surface area (TPSA) is 75.1 Å². The molecule has 2 N–H and O–H groups in total. The predicted molar refractivity (Wildman–Crippen MR) is 63.7 cm³/mol. The van der Waals surface area contributed by atoms with Gasteiger partial charge in [0.05, 0.1) is 10.7 Å². The van der Waals surface area contributed by atoms with Crippen LogP contribution in [-0.2, 0) is 0 Å². The number of hydrogen-bond donors (Lipinski definition) is 2. The molecule has 2 aromatic rings. The van der Waals surface area contributed by atoms with E-state index in [1.54, 1.807) is 24.3 Å². The first kappa shape index (κ1) is 11.3. The minimum absolute atomic E-state index is 0.262. The van der Waals surface area contributed by atoms with Crippen molar-refractivity contribution in [1.29, 1.82) is 0 Å². The Morgan fingerprint density at radius 1 is 1.29 bits per heavy atom. The first-order valence-corrected chi connectivity index (χ1v) is 5.12. The van der Waals surface area contributed by atoms with Crippen LogP contribution in [0.25, 0.3) is 0 Å². The normalized spacial score (nSPS) is 9.94. The molecular weight excluding hydrogens is 242 g/mol. The van der Waals surface area contributed by atoms with Gasteiger partial charge in [0.2, 0.25) is 5.82 Å². The molecule has 0 amide bonds. The van der Waals surface area contributed by atoms with Gasteiger partial charge < -0.3 is 10.4 Å². The van der Waals surface area contributed by atoms with Gasteiger partial charge in [-0.3, -0.25) is 0 Å². The number of hydrogen-bond acceptors (Lipinski definition) is 4. The third kappa shape index (κ3) is 2.70. The Morgan fingerprint density at radius 2 is 2.06 bits per heavy atom. The monoisotopic (exact) mass is 249 g/mol. The van der Waals surface area contributed by atoms with Gasteiger partial charge in [0.15, 0.2) is 0 Å². The quantitative estimate of drug-likeness (QED) is 0.874. The third-order valence-corrected chi connectivity index (χ3v) is 2.31. The highest BCUT2D eigenvalue weighted by molar-refractivity contribution is 6.33. The molecule has 2 rings (SSSR count). The Kier molecular flexibility index (Phi) is 3.20. The number of aromatic nitrogens is 2. The van der Waals surface area contributed by atoms with Crippen molar-refractivity contribution in [1.82, 2.24) is 9.97 Å². The van der Waals surface area contributed by atoms with E-state index in [1.807, 2.05) is 6.07 Å². The highest BCUT2D eigenvalue weighted by Gasteiger charge is 2.07. The molecule has 1 aromatic heterocycles. The largest absolute Gasteiger partial charge is 0.475 e. The molecule has 0 radical (unpaired) electrons. The average Bonchev–Trinajstić information content (AvgIpc) is 2.32. The number of aromatic carboxylic acids is 1. The van der Waals surface area contributed by atoms with Gasteiger partial charge in [-0.1, -0.05) is 23.7 Å². The number of anilines is 2. The Balaban J connectivity index is 2.28. The summed E-state index contributed by atoms with van der Waals surface area (Å²) in [5.74, 6) is -1.06.